The van der Waals surface area contributed by atoms with Gasteiger partial charge in [0.2, 0.25) is 5.91 Å². The third-order valence-electron chi connectivity index (χ3n) is 3.63. The topological polar surface area (TPSA) is 23.6 Å². The van der Waals surface area contributed by atoms with E-state index in [2.05, 4.69) is 16.8 Å². The molecule has 0 N–H and O–H groups in total. The second-order valence-electron chi connectivity index (χ2n) is 4.99. The van der Waals surface area contributed by atoms with Crippen LogP contribution in [0.1, 0.15) is 20.3 Å². The average Bonchev–Trinajstić information content (AvgIpc) is 2.67. The Morgan fingerprint density at radius 3 is 2.64 bits per heavy atom. The largest absolute Gasteiger partial charge is 0.341 e. The number of nitrogens with zero attached hydrogens (tertiary/aromatic N) is 2. The lowest BCUT2D eigenvalue weighted by atomic mass is 10.1. The van der Waals surface area contributed by atoms with Gasteiger partial charge in [-0.3, -0.25) is 4.79 Å². The molecule has 0 aliphatic carbocycles. The highest BCUT2D eigenvalue weighted by Crippen LogP contribution is 2.30. The minimum atomic E-state index is 0.152. The van der Waals surface area contributed by atoms with Gasteiger partial charge in [0.05, 0.1) is 0 Å². The van der Waals surface area contributed by atoms with Crippen LogP contribution in [0.25, 0.3) is 0 Å². The average molecular weight is 196 g/mol. The van der Waals surface area contributed by atoms with Crippen LogP contribution in [0.4, 0.5) is 0 Å². The zero-order valence-electron chi connectivity index (χ0n) is 9.36. The zero-order chi connectivity index (χ0) is 10.3. The standard InChI is InChI=1S/C11H20N2O/c1-8(2)11(14)13-6-9-4-5-12(3)10(9)7-13/h8-10H,4-7H2,1-3H3. The fourth-order valence-electron chi connectivity index (χ4n) is 2.72. The molecule has 2 aliphatic rings. The number of rotatable bonds is 1. The third kappa shape index (κ3) is 1.54. The van der Waals surface area contributed by atoms with Crippen molar-refractivity contribution in [3.63, 3.8) is 0 Å². The van der Waals surface area contributed by atoms with Gasteiger partial charge in [-0.25, -0.2) is 0 Å². The van der Waals surface area contributed by atoms with E-state index in [1.165, 1.54) is 13.0 Å². The van der Waals surface area contributed by atoms with Crippen molar-refractivity contribution >= 4 is 5.91 Å². The minimum Gasteiger partial charge on any atom is -0.341 e. The highest BCUT2D eigenvalue weighted by Gasteiger charge is 2.41. The van der Waals surface area contributed by atoms with Gasteiger partial charge in [0.25, 0.3) is 0 Å². The van der Waals surface area contributed by atoms with Crippen LogP contribution in [-0.2, 0) is 4.79 Å². The van der Waals surface area contributed by atoms with E-state index in [1.807, 2.05) is 13.8 Å². The fraction of sp³-hybridized carbons (Fsp3) is 0.909. The molecule has 0 aromatic carbocycles. The van der Waals surface area contributed by atoms with Crippen molar-refractivity contribution in [1.82, 2.24) is 9.80 Å². The van der Waals surface area contributed by atoms with Crippen molar-refractivity contribution in [2.45, 2.75) is 26.3 Å². The summed E-state index contributed by atoms with van der Waals surface area (Å²) in [6.07, 6.45) is 1.27. The number of likely N-dealkylation sites (tertiary alicyclic amines) is 2. The molecule has 0 aromatic heterocycles. The van der Waals surface area contributed by atoms with Crippen molar-refractivity contribution in [2.75, 3.05) is 26.7 Å². The second kappa shape index (κ2) is 3.54. The van der Waals surface area contributed by atoms with Gasteiger partial charge in [-0.05, 0) is 25.9 Å². The normalized spacial score (nSPS) is 32.7. The van der Waals surface area contributed by atoms with Crippen LogP contribution in [0.2, 0.25) is 0 Å². The lowest BCUT2D eigenvalue weighted by molar-refractivity contribution is -0.133. The first-order valence-electron chi connectivity index (χ1n) is 5.58. The van der Waals surface area contributed by atoms with E-state index in [9.17, 15) is 4.79 Å². The van der Waals surface area contributed by atoms with Gasteiger partial charge in [0.15, 0.2) is 0 Å². The van der Waals surface area contributed by atoms with Gasteiger partial charge in [-0.2, -0.15) is 0 Å². The number of hydrogen-bond acceptors (Lipinski definition) is 2. The fourth-order valence-corrected chi connectivity index (χ4v) is 2.72. The molecule has 2 fully saturated rings. The summed E-state index contributed by atoms with van der Waals surface area (Å²) < 4.78 is 0. The molecule has 0 aromatic rings. The Kier molecular flexibility index (Phi) is 2.52. The molecule has 80 valence electrons. The Labute approximate surface area is 86.1 Å². The van der Waals surface area contributed by atoms with E-state index < -0.39 is 0 Å². The molecule has 0 spiro atoms. The van der Waals surface area contributed by atoms with Gasteiger partial charge in [-0.15, -0.1) is 0 Å². The summed E-state index contributed by atoms with van der Waals surface area (Å²) in [5, 5.41) is 0. The van der Waals surface area contributed by atoms with Crippen molar-refractivity contribution in [3.05, 3.63) is 0 Å². The quantitative estimate of drug-likeness (QED) is 0.619. The number of hydrogen-bond donors (Lipinski definition) is 0. The Morgan fingerprint density at radius 2 is 2.07 bits per heavy atom. The van der Waals surface area contributed by atoms with Crippen LogP contribution >= 0.6 is 0 Å². The summed E-state index contributed by atoms with van der Waals surface area (Å²) in [4.78, 5) is 16.2. The highest BCUT2D eigenvalue weighted by atomic mass is 16.2. The molecule has 3 nitrogen and oxygen atoms in total. The number of carbonyl (C=O) groups is 1. The summed E-state index contributed by atoms with van der Waals surface area (Å²) in [7, 11) is 2.17. The Hall–Kier alpha value is -0.570. The number of likely N-dealkylation sites (N-methyl/N-ethyl adjacent to an activating group) is 1. The molecular formula is C11H20N2O. The number of carbonyl (C=O) groups excluding carboxylic acids is 1. The van der Waals surface area contributed by atoms with Crippen LogP contribution in [0.15, 0.2) is 0 Å². The van der Waals surface area contributed by atoms with Gasteiger partial charge in [0, 0.05) is 25.0 Å². The Bertz CT molecular complexity index is 239. The van der Waals surface area contributed by atoms with Crippen LogP contribution in [0.3, 0.4) is 0 Å². The number of amides is 1. The van der Waals surface area contributed by atoms with Crippen molar-refractivity contribution in [2.24, 2.45) is 11.8 Å². The maximum atomic E-state index is 11.8. The van der Waals surface area contributed by atoms with Crippen LogP contribution in [-0.4, -0.2) is 48.4 Å². The molecule has 2 unspecified atom stereocenters. The summed E-state index contributed by atoms with van der Waals surface area (Å²) >= 11 is 0. The highest BCUT2D eigenvalue weighted by molar-refractivity contribution is 5.78. The van der Waals surface area contributed by atoms with Gasteiger partial charge in [-0.1, -0.05) is 13.8 Å². The van der Waals surface area contributed by atoms with Gasteiger partial charge >= 0.3 is 0 Å². The molecule has 2 heterocycles. The van der Waals surface area contributed by atoms with Crippen LogP contribution in [0, 0.1) is 11.8 Å². The zero-order valence-corrected chi connectivity index (χ0v) is 9.36. The second-order valence-corrected chi connectivity index (χ2v) is 4.99. The number of fused-ring (bicyclic) bond motifs is 1. The summed E-state index contributed by atoms with van der Waals surface area (Å²) in [5.41, 5.74) is 0. The van der Waals surface area contributed by atoms with Gasteiger partial charge < -0.3 is 9.80 Å². The minimum absolute atomic E-state index is 0.152. The molecule has 0 saturated carbocycles. The van der Waals surface area contributed by atoms with Gasteiger partial charge in [0.1, 0.15) is 0 Å². The van der Waals surface area contributed by atoms with Crippen LogP contribution in [0.5, 0.6) is 0 Å². The summed E-state index contributed by atoms with van der Waals surface area (Å²) in [5.74, 6) is 1.22. The molecule has 0 bridgehead atoms. The maximum absolute atomic E-state index is 11.8. The molecule has 1 amide bonds. The lowest BCUT2D eigenvalue weighted by Crippen LogP contribution is -2.36. The molecular weight excluding hydrogens is 176 g/mol. The molecule has 2 aliphatic heterocycles. The SMILES string of the molecule is CC(C)C(=O)N1CC2CCN(C)C2C1. The first kappa shape index (κ1) is 9.97. The Balaban J connectivity index is 1.98. The van der Waals surface area contributed by atoms with Crippen LogP contribution < -0.4 is 0 Å². The van der Waals surface area contributed by atoms with E-state index in [-0.39, 0.29) is 5.92 Å². The van der Waals surface area contributed by atoms with E-state index in [1.54, 1.807) is 0 Å². The smallest absolute Gasteiger partial charge is 0.225 e. The predicted octanol–water partition coefficient (Wildman–Crippen LogP) is 0.805. The lowest BCUT2D eigenvalue weighted by Gasteiger charge is -2.22. The maximum Gasteiger partial charge on any atom is 0.225 e. The molecule has 2 rings (SSSR count). The van der Waals surface area contributed by atoms with E-state index in [4.69, 9.17) is 0 Å². The molecule has 0 radical (unpaired) electrons. The predicted molar refractivity (Wildman–Crippen MR) is 55.9 cm³/mol. The summed E-state index contributed by atoms with van der Waals surface area (Å²) in [6, 6.07) is 0.637. The Morgan fingerprint density at radius 1 is 1.36 bits per heavy atom. The molecule has 2 saturated heterocycles. The van der Waals surface area contributed by atoms with Crippen molar-refractivity contribution in [3.8, 4) is 0 Å². The van der Waals surface area contributed by atoms with E-state index in [0.717, 1.165) is 19.0 Å². The van der Waals surface area contributed by atoms with Crippen molar-refractivity contribution in [1.29, 1.82) is 0 Å². The first-order valence-corrected chi connectivity index (χ1v) is 5.58. The summed E-state index contributed by atoms with van der Waals surface area (Å²) in [6.45, 7) is 7.13. The third-order valence-corrected chi connectivity index (χ3v) is 3.63. The first-order chi connectivity index (χ1) is 6.59. The molecule has 2 atom stereocenters. The van der Waals surface area contributed by atoms with E-state index >= 15 is 0 Å². The van der Waals surface area contributed by atoms with Crippen molar-refractivity contribution < 1.29 is 4.79 Å². The van der Waals surface area contributed by atoms with E-state index in [0.29, 0.717) is 11.9 Å². The monoisotopic (exact) mass is 196 g/mol. The molecule has 3 heteroatoms. The molecule has 14 heavy (non-hydrogen) atoms.